The molecular formula is C16H22N2O3. The molecular weight excluding hydrogens is 268 g/mol. The minimum atomic E-state index is -1.16. The zero-order chi connectivity index (χ0) is 15.6. The molecule has 5 nitrogen and oxygen atoms in total. The van der Waals surface area contributed by atoms with E-state index in [4.69, 9.17) is 0 Å². The van der Waals surface area contributed by atoms with Gasteiger partial charge < -0.3 is 5.11 Å². The number of rotatable bonds is 3. The van der Waals surface area contributed by atoms with E-state index < -0.39 is 11.4 Å². The summed E-state index contributed by atoms with van der Waals surface area (Å²) >= 11 is 0. The van der Waals surface area contributed by atoms with Gasteiger partial charge in [0.05, 0.1) is 5.56 Å². The van der Waals surface area contributed by atoms with Crippen molar-refractivity contribution in [1.82, 2.24) is 9.97 Å². The summed E-state index contributed by atoms with van der Waals surface area (Å²) in [6.45, 7) is 5.28. The molecule has 1 saturated carbocycles. The first-order valence-corrected chi connectivity index (χ1v) is 7.45. The summed E-state index contributed by atoms with van der Waals surface area (Å²) in [4.78, 5) is 32.3. The molecule has 1 aliphatic rings. The molecule has 2 rings (SSSR count). The van der Waals surface area contributed by atoms with Crippen LogP contribution in [0.15, 0.2) is 6.20 Å². The normalized spacial score (nSPS) is 16.7. The van der Waals surface area contributed by atoms with Gasteiger partial charge in [-0.25, -0.2) is 14.8 Å². The van der Waals surface area contributed by atoms with E-state index in [2.05, 4.69) is 9.97 Å². The number of carboxylic acids is 1. The second-order valence-electron chi connectivity index (χ2n) is 6.71. The maximum Gasteiger partial charge on any atom is 0.355 e. The number of aromatic carboxylic acids is 1. The highest BCUT2D eigenvalue weighted by Gasteiger charge is 2.30. The average molecular weight is 290 g/mol. The van der Waals surface area contributed by atoms with Gasteiger partial charge in [0.1, 0.15) is 5.82 Å². The Morgan fingerprint density at radius 1 is 1.19 bits per heavy atom. The molecule has 0 radical (unpaired) electrons. The number of hydrogen-bond acceptors (Lipinski definition) is 4. The Kier molecular flexibility index (Phi) is 4.40. The van der Waals surface area contributed by atoms with Gasteiger partial charge in [0, 0.05) is 17.5 Å². The number of carbonyl (C=O) groups is 2. The van der Waals surface area contributed by atoms with Crippen LogP contribution in [0.3, 0.4) is 0 Å². The van der Waals surface area contributed by atoms with E-state index in [1.807, 2.05) is 0 Å². The molecule has 5 heteroatoms. The first kappa shape index (κ1) is 15.6. The van der Waals surface area contributed by atoms with Gasteiger partial charge in [-0.3, -0.25) is 4.79 Å². The lowest BCUT2D eigenvalue weighted by molar-refractivity contribution is 0.0680. The Morgan fingerprint density at radius 3 is 2.33 bits per heavy atom. The third kappa shape index (κ3) is 3.46. The minimum Gasteiger partial charge on any atom is -0.476 e. The number of aromatic nitrogens is 2. The molecule has 0 unspecified atom stereocenters. The van der Waals surface area contributed by atoms with Crippen LogP contribution in [0.5, 0.6) is 0 Å². The molecule has 0 amide bonds. The van der Waals surface area contributed by atoms with Crippen LogP contribution in [0.2, 0.25) is 0 Å². The topological polar surface area (TPSA) is 80.2 Å². The van der Waals surface area contributed by atoms with Crippen LogP contribution in [-0.4, -0.2) is 26.8 Å². The average Bonchev–Trinajstić information content (AvgIpc) is 2.45. The van der Waals surface area contributed by atoms with E-state index in [1.54, 1.807) is 20.8 Å². The van der Waals surface area contributed by atoms with Crippen molar-refractivity contribution < 1.29 is 14.7 Å². The van der Waals surface area contributed by atoms with Crippen molar-refractivity contribution in [2.75, 3.05) is 0 Å². The fourth-order valence-corrected chi connectivity index (χ4v) is 2.69. The molecule has 114 valence electrons. The SMILES string of the molecule is CC(C)(C)C(=O)c1cnc(C2CCCCC2)nc1C(=O)O. The Labute approximate surface area is 124 Å². The lowest BCUT2D eigenvalue weighted by Crippen LogP contribution is -2.25. The van der Waals surface area contributed by atoms with Crippen molar-refractivity contribution in [3.05, 3.63) is 23.3 Å². The van der Waals surface area contributed by atoms with Crippen LogP contribution in [-0.2, 0) is 0 Å². The quantitative estimate of drug-likeness (QED) is 0.862. The summed E-state index contributed by atoms with van der Waals surface area (Å²) in [6, 6.07) is 0. The fourth-order valence-electron chi connectivity index (χ4n) is 2.69. The highest BCUT2D eigenvalue weighted by Crippen LogP contribution is 2.31. The maximum atomic E-state index is 12.3. The number of carbonyl (C=O) groups excluding carboxylic acids is 1. The standard InChI is InChI=1S/C16H22N2O3/c1-16(2,3)13(19)11-9-17-14(18-12(11)15(20)21)10-7-5-4-6-8-10/h9-10H,4-8H2,1-3H3,(H,20,21). The molecule has 0 atom stereocenters. The van der Waals surface area contributed by atoms with E-state index in [0.29, 0.717) is 5.82 Å². The zero-order valence-electron chi connectivity index (χ0n) is 12.8. The summed E-state index contributed by atoms with van der Waals surface area (Å²) in [6.07, 6.45) is 6.84. The largest absolute Gasteiger partial charge is 0.476 e. The van der Waals surface area contributed by atoms with Gasteiger partial charge in [-0.15, -0.1) is 0 Å². The molecule has 1 fully saturated rings. The Balaban J connectivity index is 2.40. The van der Waals surface area contributed by atoms with E-state index in [-0.39, 0.29) is 23.0 Å². The first-order chi connectivity index (χ1) is 9.80. The van der Waals surface area contributed by atoms with Crippen LogP contribution < -0.4 is 0 Å². The minimum absolute atomic E-state index is 0.106. The summed E-state index contributed by atoms with van der Waals surface area (Å²) in [5, 5.41) is 9.36. The van der Waals surface area contributed by atoms with Gasteiger partial charge in [0.2, 0.25) is 0 Å². The predicted molar refractivity (Wildman–Crippen MR) is 78.6 cm³/mol. The van der Waals surface area contributed by atoms with Crippen LogP contribution in [0.25, 0.3) is 0 Å². The lowest BCUT2D eigenvalue weighted by atomic mass is 9.86. The lowest BCUT2D eigenvalue weighted by Gasteiger charge is -2.22. The summed E-state index contributed by atoms with van der Waals surface area (Å²) in [5.74, 6) is -0.620. The van der Waals surface area contributed by atoms with Gasteiger partial charge >= 0.3 is 5.97 Å². The third-order valence-corrected chi connectivity index (χ3v) is 3.91. The Morgan fingerprint density at radius 2 is 1.81 bits per heavy atom. The summed E-state index contributed by atoms with van der Waals surface area (Å²) in [5.41, 5.74) is -0.708. The molecule has 0 spiro atoms. The first-order valence-electron chi connectivity index (χ1n) is 7.45. The molecule has 21 heavy (non-hydrogen) atoms. The van der Waals surface area contributed by atoms with Crippen LogP contribution in [0, 0.1) is 5.41 Å². The van der Waals surface area contributed by atoms with Crippen molar-refractivity contribution in [1.29, 1.82) is 0 Å². The molecule has 1 aliphatic carbocycles. The molecule has 1 aromatic rings. The van der Waals surface area contributed by atoms with E-state index in [9.17, 15) is 14.7 Å². The Bertz CT molecular complexity index is 555. The van der Waals surface area contributed by atoms with Gasteiger partial charge in [0.15, 0.2) is 11.5 Å². The molecule has 1 aromatic heterocycles. The van der Waals surface area contributed by atoms with Crippen LogP contribution in [0.4, 0.5) is 0 Å². The van der Waals surface area contributed by atoms with Crippen molar-refractivity contribution >= 4 is 11.8 Å². The van der Waals surface area contributed by atoms with Gasteiger partial charge in [-0.05, 0) is 12.8 Å². The van der Waals surface area contributed by atoms with E-state index >= 15 is 0 Å². The predicted octanol–water partition coefficient (Wildman–Crippen LogP) is 3.45. The third-order valence-electron chi connectivity index (χ3n) is 3.91. The number of hydrogen-bond donors (Lipinski definition) is 1. The number of ketones is 1. The van der Waals surface area contributed by atoms with Gasteiger partial charge in [-0.1, -0.05) is 40.0 Å². The molecule has 0 aromatic carbocycles. The summed E-state index contributed by atoms with van der Waals surface area (Å²) in [7, 11) is 0. The highest BCUT2D eigenvalue weighted by molar-refractivity contribution is 6.06. The number of carboxylic acid groups (broad SMARTS) is 1. The maximum absolute atomic E-state index is 12.3. The van der Waals surface area contributed by atoms with Crippen molar-refractivity contribution in [3.8, 4) is 0 Å². The second kappa shape index (κ2) is 5.92. The zero-order valence-corrected chi connectivity index (χ0v) is 12.8. The number of Topliss-reactive ketones (excluding diaryl/α,β-unsaturated/α-hetero) is 1. The van der Waals surface area contributed by atoms with Crippen LogP contribution >= 0.6 is 0 Å². The Hall–Kier alpha value is -1.78. The smallest absolute Gasteiger partial charge is 0.355 e. The second-order valence-corrected chi connectivity index (χ2v) is 6.71. The number of nitrogens with zero attached hydrogens (tertiary/aromatic N) is 2. The highest BCUT2D eigenvalue weighted by atomic mass is 16.4. The molecule has 1 N–H and O–H groups in total. The van der Waals surface area contributed by atoms with E-state index in [0.717, 1.165) is 25.7 Å². The van der Waals surface area contributed by atoms with Crippen molar-refractivity contribution in [3.63, 3.8) is 0 Å². The van der Waals surface area contributed by atoms with E-state index in [1.165, 1.54) is 12.6 Å². The van der Waals surface area contributed by atoms with Gasteiger partial charge in [-0.2, -0.15) is 0 Å². The van der Waals surface area contributed by atoms with Gasteiger partial charge in [0.25, 0.3) is 0 Å². The monoisotopic (exact) mass is 290 g/mol. The van der Waals surface area contributed by atoms with Crippen molar-refractivity contribution in [2.45, 2.75) is 58.8 Å². The van der Waals surface area contributed by atoms with Crippen LogP contribution in [0.1, 0.15) is 85.5 Å². The molecule has 0 bridgehead atoms. The molecule has 0 saturated heterocycles. The summed E-state index contributed by atoms with van der Waals surface area (Å²) < 4.78 is 0. The molecule has 0 aliphatic heterocycles. The molecule has 1 heterocycles. The van der Waals surface area contributed by atoms with Crippen molar-refractivity contribution in [2.24, 2.45) is 5.41 Å². The fraction of sp³-hybridized carbons (Fsp3) is 0.625.